The van der Waals surface area contributed by atoms with Gasteiger partial charge < -0.3 is 15.5 Å². The second-order valence-corrected chi connectivity index (χ2v) is 9.64. The molecule has 2 amide bonds. The maximum atomic E-state index is 15.4. The molecule has 0 saturated carbocycles. The van der Waals surface area contributed by atoms with E-state index < -0.39 is 17.2 Å². The third-order valence-electron chi connectivity index (χ3n) is 6.17. The van der Waals surface area contributed by atoms with Crippen LogP contribution in [0.2, 0.25) is 0 Å². The first-order valence-corrected chi connectivity index (χ1v) is 12.2. The number of carbonyl (C=O) groups excluding carboxylic acids is 2. The molecule has 0 bridgehead atoms. The molecule has 11 heteroatoms. The molecule has 5 rings (SSSR count). The number of carbonyl (C=O) groups is 2. The average Bonchev–Trinajstić information content (AvgIpc) is 3.26. The first-order valence-electron chi connectivity index (χ1n) is 11.2. The van der Waals surface area contributed by atoms with E-state index in [9.17, 15) is 14.0 Å². The molecule has 3 aromatic rings. The Labute approximate surface area is 210 Å². The zero-order valence-corrected chi connectivity index (χ0v) is 20.1. The minimum absolute atomic E-state index is 0.171. The molecule has 0 spiro atoms. The van der Waals surface area contributed by atoms with Crippen molar-refractivity contribution in [2.45, 2.75) is 12.5 Å². The minimum Gasteiger partial charge on any atom is -0.338 e. The normalized spacial score (nSPS) is 20.9. The largest absolute Gasteiger partial charge is 0.338 e. The van der Waals surface area contributed by atoms with Crippen LogP contribution in [-0.2, 0) is 10.3 Å². The summed E-state index contributed by atoms with van der Waals surface area (Å²) in [4.78, 5) is 39.4. The van der Waals surface area contributed by atoms with Crippen molar-refractivity contribution in [1.82, 2.24) is 15.3 Å². The Hall–Kier alpha value is -3.86. The van der Waals surface area contributed by atoms with E-state index in [0.717, 1.165) is 12.4 Å². The van der Waals surface area contributed by atoms with E-state index in [4.69, 9.17) is 4.99 Å². The van der Waals surface area contributed by atoms with Crippen molar-refractivity contribution in [1.29, 1.82) is 0 Å². The molecule has 0 aliphatic carbocycles. The van der Waals surface area contributed by atoms with Crippen molar-refractivity contribution >= 4 is 40.4 Å². The maximum absolute atomic E-state index is 15.4. The van der Waals surface area contributed by atoms with Crippen LogP contribution in [-0.4, -0.2) is 45.8 Å². The molecule has 1 saturated heterocycles. The topological polar surface area (TPSA) is 99.6 Å². The molecule has 2 aliphatic rings. The van der Waals surface area contributed by atoms with Crippen LogP contribution in [0.1, 0.15) is 22.8 Å². The molecule has 2 atom stereocenters. The zero-order valence-electron chi connectivity index (χ0n) is 19.2. The van der Waals surface area contributed by atoms with Gasteiger partial charge in [-0.25, -0.2) is 23.7 Å². The van der Waals surface area contributed by atoms with Crippen molar-refractivity contribution in [3.8, 4) is 0 Å². The van der Waals surface area contributed by atoms with Crippen molar-refractivity contribution < 1.29 is 18.4 Å². The Kier molecular flexibility index (Phi) is 6.40. The van der Waals surface area contributed by atoms with E-state index >= 15 is 4.39 Å². The number of nitrogens with one attached hydrogen (secondary N) is 2. The van der Waals surface area contributed by atoms with Gasteiger partial charge in [-0.3, -0.25) is 9.59 Å². The van der Waals surface area contributed by atoms with Crippen molar-refractivity contribution in [2.75, 3.05) is 29.1 Å². The third-order valence-corrected chi connectivity index (χ3v) is 7.21. The Bertz CT molecular complexity index is 1340. The number of amides is 2. The number of amidine groups is 1. The number of rotatable bonds is 4. The summed E-state index contributed by atoms with van der Waals surface area (Å²) in [5, 5.41) is 5.91. The van der Waals surface area contributed by atoms with E-state index in [1.807, 2.05) is 11.0 Å². The third kappa shape index (κ3) is 4.66. The van der Waals surface area contributed by atoms with Gasteiger partial charge >= 0.3 is 0 Å². The Balaban J connectivity index is 1.56. The number of fused-ring (bicyclic) bond motifs is 1. The van der Waals surface area contributed by atoms with Crippen molar-refractivity contribution in [3.63, 3.8) is 0 Å². The number of nitrogens with zero attached hydrogens (tertiary/aromatic N) is 4. The van der Waals surface area contributed by atoms with Crippen LogP contribution >= 0.6 is 11.8 Å². The molecule has 0 radical (unpaired) electrons. The molecule has 1 aromatic heterocycles. The Morgan fingerprint density at radius 3 is 2.56 bits per heavy atom. The Morgan fingerprint density at radius 2 is 1.83 bits per heavy atom. The summed E-state index contributed by atoms with van der Waals surface area (Å²) in [5.41, 5.74) is 0.103. The second kappa shape index (κ2) is 9.65. The standard InChI is InChI=1S/C25H22F2N6O2S/c1-15(34)30-19-7-8-21(27)20(9-19)25-14-33(23-28-10-18(26)11-29-23)12-17(25)13-36-24(32-25)31-22(35)16-5-3-2-4-6-16/h2-11,17H,12-14H2,1H3,(H,30,34)(H,31,32,35)/t17-,25-/m0/s1. The smallest absolute Gasteiger partial charge is 0.257 e. The number of halogens is 2. The monoisotopic (exact) mass is 508 g/mol. The number of aromatic nitrogens is 2. The van der Waals surface area contributed by atoms with E-state index in [-0.39, 0.29) is 29.8 Å². The fourth-order valence-electron chi connectivity index (χ4n) is 4.56. The van der Waals surface area contributed by atoms with Crippen LogP contribution < -0.4 is 15.5 Å². The van der Waals surface area contributed by atoms with E-state index in [2.05, 4.69) is 20.6 Å². The van der Waals surface area contributed by atoms with Gasteiger partial charge in [-0.15, -0.1) is 0 Å². The second-order valence-electron chi connectivity index (χ2n) is 8.63. The fourth-order valence-corrected chi connectivity index (χ4v) is 5.69. The zero-order chi connectivity index (χ0) is 25.3. The van der Waals surface area contributed by atoms with Gasteiger partial charge in [0.1, 0.15) is 11.4 Å². The molecule has 2 aliphatic heterocycles. The molecule has 1 fully saturated rings. The van der Waals surface area contributed by atoms with Gasteiger partial charge in [0.2, 0.25) is 11.9 Å². The molecule has 2 N–H and O–H groups in total. The number of hydrogen-bond acceptors (Lipinski definition) is 7. The lowest BCUT2D eigenvalue weighted by Crippen LogP contribution is -2.43. The Morgan fingerprint density at radius 1 is 1.08 bits per heavy atom. The average molecular weight is 509 g/mol. The summed E-state index contributed by atoms with van der Waals surface area (Å²) in [7, 11) is 0. The maximum Gasteiger partial charge on any atom is 0.257 e. The summed E-state index contributed by atoms with van der Waals surface area (Å²) >= 11 is 1.37. The molecule has 0 unspecified atom stereocenters. The fraction of sp³-hybridized carbons (Fsp3) is 0.240. The lowest BCUT2D eigenvalue weighted by Gasteiger charge is -2.35. The number of thioether (sulfide) groups is 1. The van der Waals surface area contributed by atoms with Gasteiger partial charge in [-0.1, -0.05) is 30.0 Å². The van der Waals surface area contributed by atoms with Crippen LogP contribution in [0.25, 0.3) is 0 Å². The highest BCUT2D eigenvalue weighted by Crippen LogP contribution is 2.47. The number of aliphatic imine (C=N–C) groups is 1. The summed E-state index contributed by atoms with van der Waals surface area (Å²) in [6.07, 6.45) is 2.16. The predicted molar refractivity (Wildman–Crippen MR) is 134 cm³/mol. The molecule has 2 aromatic carbocycles. The van der Waals surface area contributed by atoms with Gasteiger partial charge in [0.05, 0.1) is 18.9 Å². The van der Waals surface area contributed by atoms with Crippen LogP contribution in [0, 0.1) is 17.6 Å². The quantitative estimate of drug-likeness (QED) is 0.559. The molecule has 8 nitrogen and oxygen atoms in total. The molecular formula is C25H22F2N6O2S. The van der Waals surface area contributed by atoms with Gasteiger partial charge in [-0.2, -0.15) is 0 Å². The molecule has 3 heterocycles. The highest BCUT2D eigenvalue weighted by molar-refractivity contribution is 8.13. The summed E-state index contributed by atoms with van der Waals surface area (Å²) in [6.45, 7) is 2.03. The van der Waals surface area contributed by atoms with Crippen LogP contribution in [0.15, 0.2) is 65.9 Å². The SMILES string of the molecule is CC(=O)Nc1ccc(F)c([C@]23CN(c4ncc(F)cn4)C[C@H]2CSC(NC(=O)c2ccccc2)=N3)c1. The van der Waals surface area contributed by atoms with Crippen LogP contribution in [0.3, 0.4) is 0 Å². The number of hydrogen-bond donors (Lipinski definition) is 2. The first-order chi connectivity index (χ1) is 17.3. The van der Waals surface area contributed by atoms with Gasteiger partial charge in [0, 0.05) is 42.0 Å². The predicted octanol–water partition coefficient (Wildman–Crippen LogP) is 3.58. The summed E-state index contributed by atoms with van der Waals surface area (Å²) in [5.74, 6) is -0.976. The van der Waals surface area contributed by atoms with Crippen LogP contribution in [0.5, 0.6) is 0 Å². The first kappa shape index (κ1) is 23.9. The summed E-state index contributed by atoms with van der Waals surface area (Å²) < 4.78 is 28.8. The van der Waals surface area contributed by atoms with Crippen LogP contribution in [0.4, 0.5) is 20.4 Å². The van der Waals surface area contributed by atoms with Gasteiger partial charge in [-0.05, 0) is 30.3 Å². The lowest BCUT2D eigenvalue weighted by atomic mass is 9.81. The number of anilines is 2. The van der Waals surface area contributed by atoms with E-state index in [1.54, 1.807) is 30.3 Å². The van der Waals surface area contributed by atoms with Crippen molar-refractivity contribution in [3.05, 3.63) is 83.7 Å². The lowest BCUT2D eigenvalue weighted by molar-refractivity contribution is -0.114. The molecule has 184 valence electrons. The van der Waals surface area contributed by atoms with Crippen molar-refractivity contribution in [2.24, 2.45) is 10.9 Å². The minimum atomic E-state index is -1.10. The molecular weight excluding hydrogens is 486 g/mol. The van der Waals surface area contributed by atoms with Gasteiger partial charge in [0.15, 0.2) is 11.0 Å². The number of benzene rings is 2. The van der Waals surface area contributed by atoms with E-state index in [0.29, 0.717) is 34.7 Å². The molecule has 36 heavy (non-hydrogen) atoms. The van der Waals surface area contributed by atoms with Gasteiger partial charge in [0.25, 0.3) is 5.91 Å². The summed E-state index contributed by atoms with van der Waals surface area (Å²) in [6, 6.07) is 13.1. The van der Waals surface area contributed by atoms with E-state index in [1.165, 1.54) is 30.8 Å². The highest BCUT2D eigenvalue weighted by Gasteiger charge is 2.52. The highest BCUT2D eigenvalue weighted by atomic mass is 32.2.